The third-order valence-electron chi connectivity index (χ3n) is 1.99. The van der Waals surface area contributed by atoms with Crippen LogP contribution in [-0.2, 0) is 0 Å². The first kappa shape index (κ1) is 15.0. The number of imidazole rings is 1. The summed E-state index contributed by atoms with van der Waals surface area (Å²) in [5.41, 5.74) is 6.28. The zero-order valence-corrected chi connectivity index (χ0v) is 10.3. The SMILES string of the molecule is Cl.Cl.NCCCOc1cccc2nccn12. The zero-order valence-electron chi connectivity index (χ0n) is 8.70. The topological polar surface area (TPSA) is 52.5 Å². The van der Waals surface area contributed by atoms with Gasteiger partial charge in [-0.15, -0.1) is 24.8 Å². The van der Waals surface area contributed by atoms with Crippen molar-refractivity contribution in [3.8, 4) is 5.88 Å². The Balaban J connectivity index is 0.00000112. The molecule has 0 aliphatic heterocycles. The number of fused-ring (bicyclic) bond motifs is 1. The minimum atomic E-state index is 0. The highest BCUT2D eigenvalue weighted by molar-refractivity contribution is 5.85. The molecule has 0 amide bonds. The van der Waals surface area contributed by atoms with Crippen molar-refractivity contribution in [3.05, 3.63) is 30.6 Å². The zero-order chi connectivity index (χ0) is 9.80. The number of rotatable bonds is 4. The van der Waals surface area contributed by atoms with Crippen molar-refractivity contribution in [1.29, 1.82) is 0 Å². The molecule has 2 rings (SSSR count). The summed E-state index contributed by atoms with van der Waals surface area (Å²) in [6, 6.07) is 5.79. The van der Waals surface area contributed by atoms with Gasteiger partial charge in [0.2, 0.25) is 0 Å². The van der Waals surface area contributed by atoms with Crippen molar-refractivity contribution in [2.24, 2.45) is 5.73 Å². The molecule has 0 spiro atoms. The van der Waals surface area contributed by atoms with E-state index in [2.05, 4.69) is 4.98 Å². The number of ether oxygens (including phenoxy) is 1. The van der Waals surface area contributed by atoms with E-state index in [9.17, 15) is 0 Å². The fourth-order valence-corrected chi connectivity index (χ4v) is 1.30. The van der Waals surface area contributed by atoms with Crippen LogP contribution in [0.3, 0.4) is 0 Å². The molecule has 0 aliphatic rings. The van der Waals surface area contributed by atoms with Gasteiger partial charge in [0.15, 0.2) is 5.88 Å². The normalized spacial score (nSPS) is 9.31. The average molecular weight is 264 g/mol. The van der Waals surface area contributed by atoms with Crippen LogP contribution < -0.4 is 10.5 Å². The number of hydrogen-bond acceptors (Lipinski definition) is 3. The van der Waals surface area contributed by atoms with Crippen LogP contribution in [0.15, 0.2) is 30.6 Å². The lowest BCUT2D eigenvalue weighted by atomic mass is 10.4. The Kier molecular flexibility index (Phi) is 6.88. The fraction of sp³-hybridized carbons (Fsp3) is 0.300. The van der Waals surface area contributed by atoms with E-state index >= 15 is 0 Å². The van der Waals surface area contributed by atoms with Crippen molar-refractivity contribution in [1.82, 2.24) is 9.38 Å². The largest absolute Gasteiger partial charge is 0.479 e. The van der Waals surface area contributed by atoms with Crippen LogP contribution in [0.5, 0.6) is 5.88 Å². The summed E-state index contributed by atoms with van der Waals surface area (Å²) in [4.78, 5) is 4.17. The molecule has 0 fully saturated rings. The highest BCUT2D eigenvalue weighted by Crippen LogP contribution is 2.13. The maximum atomic E-state index is 5.56. The lowest BCUT2D eigenvalue weighted by Gasteiger charge is -2.06. The van der Waals surface area contributed by atoms with Crippen LogP contribution in [0.1, 0.15) is 6.42 Å². The monoisotopic (exact) mass is 263 g/mol. The average Bonchev–Trinajstić information content (AvgIpc) is 2.67. The maximum absolute atomic E-state index is 5.56. The Hall–Kier alpha value is -0.970. The summed E-state index contributed by atoms with van der Waals surface area (Å²) < 4.78 is 7.47. The van der Waals surface area contributed by atoms with Crippen LogP contribution in [0.4, 0.5) is 0 Å². The predicted octanol–water partition coefficient (Wildman–Crippen LogP) is 1.91. The first-order chi connectivity index (χ1) is 6.92. The molecule has 16 heavy (non-hydrogen) atoms. The molecule has 0 saturated heterocycles. The predicted molar refractivity (Wildman–Crippen MR) is 68.9 cm³/mol. The summed E-state index contributed by atoms with van der Waals surface area (Å²) in [5, 5.41) is 0. The molecule has 2 heterocycles. The molecular formula is C10H15Cl2N3O. The number of aromatic nitrogens is 2. The summed E-state index contributed by atoms with van der Waals surface area (Å²) in [6.07, 6.45) is 4.50. The Morgan fingerprint density at radius 2 is 2.12 bits per heavy atom. The van der Waals surface area contributed by atoms with Gasteiger partial charge in [-0.25, -0.2) is 4.98 Å². The van der Waals surface area contributed by atoms with Crippen molar-refractivity contribution in [2.45, 2.75) is 6.42 Å². The number of halogens is 2. The van der Waals surface area contributed by atoms with E-state index in [-0.39, 0.29) is 24.8 Å². The van der Waals surface area contributed by atoms with Gasteiger partial charge in [-0.3, -0.25) is 4.40 Å². The van der Waals surface area contributed by atoms with Crippen LogP contribution in [0.2, 0.25) is 0 Å². The summed E-state index contributed by atoms with van der Waals surface area (Å²) in [7, 11) is 0. The minimum Gasteiger partial charge on any atom is -0.479 e. The summed E-state index contributed by atoms with van der Waals surface area (Å²) in [5.74, 6) is 0.813. The Morgan fingerprint density at radius 3 is 2.88 bits per heavy atom. The second-order valence-corrected chi connectivity index (χ2v) is 3.01. The quantitative estimate of drug-likeness (QED) is 0.858. The molecule has 6 heteroatoms. The Bertz CT molecular complexity index is 419. The van der Waals surface area contributed by atoms with Gasteiger partial charge >= 0.3 is 0 Å². The third-order valence-corrected chi connectivity index (χ3v) is 1.99. The van der Waals surface area contributed by atoms with E-state index in [0.29, 0.717) is 13.2 Å². The lowest BCUT2D eigenvalue weighted by molar-refractivity contribution is 0.298. The smallest absolute Gasteiger partial charge is 0.199 e. The number of nitrogens with zero attached hydrogens (tertiary/aromatic N) is 2. The van der Waals surface area contributed by atoms with Crippen molar-refractivity contribution < 1.29 is 4.74 Å². The van der Waals surface area contributed by atoms with Gasteiger partial charge in [-0.05, 0) is 25.1 Å². The Morgan fingerprint density at radius 1 is 1.31 bits per heavy atom. The van der Waals surface area contributed by atoms with Crippen LogP contribution in [0, 0.1) is 0 Å². The van der Waals surface area contributed by atoms with E-state index in [1.54, 1.807) is 6.20 Å². The van der Waals surface area contributed by atoms with E-state index in [1.165, 1.54) is 0 Å². The second kappa shape index (κ2) is 7.33. The van der Waals surface area contributed by atoms with E-state index < -0.39 is 0 Å². The van der Waals surface area contributed by atoms with Crippen molar-refractivity contribution in [2.75, 3.05) is 13.2 Å². The van der Waals surface area contributed by atoms with Gasteiger partial charge in [-0.1, -0.05) is 6.07 Å². The Labute approximate surface area is 107 Å². The van der Waals surface area contributed by atoms with Crippen molar-refractivity contribution >= 4 is 30.5 Å². The van der Waals surface area contributed by atoms with Gasteiger partial charge in [0.25, 0.3) is 0 Å². The molecule has 0 saturated carbocycles. The molecule has 90 valence electrons. The standard InChI is InChI=1S/C10H13N3O.2ClH/c11-5-2-8-14-10-4-1-3-9-12-6-7-13(9)10;;/h1,3-4,6-7H,2,5,8,11H2;2*1H. The van der Waals surface area contributed by atoms with Crippen LogP contribution in [0.25, 0.3) is 5.65 Å². The number of hydrogen-bond donors (Lipinski definition) is 1. The third kappa shape index (κ3) is 3.27. The number of nitrogens with two attached hydrogens (primary N) is 1. The van der Waals surface area contributed by atoms with Crippen molar-refractivity contribution in [3.63, 3.8) is 0 Å². The fourth-order valence-electron chi connectivity index (χ4n) is 1.30. The van der Waals surface area contributed by atoms with Crippen LogP contribution >= 0.6 is 24.8 Å². The molecule has 2 aromatic rings. The molecule has 2 N–H and O–H groups in total. The highest BCUT2D eigenvalue weighted by Gasteiger charge is 1.99. The molecule has 0 aromatic carbocycles. The summed E-state index contributed by atoms with van der Waals surface area (Å²) >= 11 is 0. The van der Waals surface area contributed by atoms with Gasteiger partial charge in [-0.2, -0.15) is 0 Å². The molecule has 0 radical (unpaired) electrons. The number of pyridine rings is 1. The van der Waals surface area contributed by atoms with Gasteiger partial charge in [0.05, 0.1) is 6.61 Å². The molecule has 0 bridgehead atoms. The van der Waals surface area contributed by atoms with Gasteiger partial charge in [0.1, 0.15) is 5.65 Å². The van der Waals surface area contributed by atoms with Gasteiger partial charge in [0, 0.05) is 12.4 Å². The maximum Gasteiger partial charge on any atom is 0.199 e. The molecular weight excluding hydrogens is 249 g/mol. The first-order valence-electron chi connectivity index (χ1n) is 4.67. The molecule has 0 aliphatic carbocycles. The van der Waals surface area contributed by atoms with E-state index in [1.807, 2.05) is 28.8 Å². The lowest BCUT2D eigenvalue weighted by Crippen LogP contribution is -2.07. The van der Waals surface area contributed by atoms with Crippen LogP contribution in [-0.4, -0.2) is 22.5 Å². The minimum absolute atomic E-state index is 0. The summed E-state index contributed by atoms with van der Waals surface area (Å²) in [6.45, 7) is 1.30. The highest BCUT2D eigenvalue weighted by atomic mass is 35.5. The molecule has 0 unspecified atom stereocenters. The second-order valence-electron chi connectivity index (χ2n) is 3.01. The molecule has 0 atom stereocenters. The van der Waals surface area contributed by atoms with Gasteiger partial charge < -0.3 is 10.5 Å². The first-order valence-corrected chi connectivity index (χ1v) is 4.67. The van der Waals surface area contributed by atoms with E-state index in [4.69, 9.17) is 10.5 Å². The van der Waals surface area contributed by atoms with E-state index in [0.717, 1.165) is 17.9 Å². The molecule has 4 nitrogen and oxygen atoms in total. The molecule has 2 aromatic heterocycles.